The molecule has 74 valence electrons. The van der Waals surface area contributed by atoms with Crippen molar-refractivity contribution in [2.24, 2.45) is 0 Å². The lowest BCUT2D eigenvalue weighted by atomic mass is 9.83. The summed E-state index contributed by atoms with van der Waals surface area (Å²) in [6.07, 6.45) is 5.89. The first-order valence-electron chi connectivity index (χ1n) is 5.39. The number of benzene rings is 1. The third-order valence-electron chi connectivity index (χ3n) is 3.35. The summed E-state index contributed by atoms with van der Waals surface area (Å²) in [5.74, 6) is 0. The Morgan fingerprint density at radius 2 is 1.93 bits per heavy atom. The highest BCUT2D eigenvalue weighted by molar-refractivity contribution is 5.39. The van der Waals surface area contributed by atoms with Gasteiger partial charge in [-0.15, -0.1) is 6.58 Å². The van der Waals surface area contributed by atoms with Gasteiger partial charge in [-0.1, -0.05) is 38.1 Å². The molecule has 1 aromatic rings. The van der Waals surface area contributed by atoms with E-state index >= 15 is 0 Å². The molecular weight excluding hydrogens is 168 g/mol. The second-order valence-corrected chi connectivity index (χ2v) is 4.76. The Morgan fingerprint density at radius 1 is 1.21 bits per heavy atom. The van der Waals surface area contributed by atoms with Crippen LogP contribution < -0.4 is 0 Å². The van der Waals surface area contributed by atoms with E-state index in [0.717, 1.165) is 0 Å². The molecule has 0 aromatic heterocycles. The van der Waals surface area contributed by atoms with Crippen molar-refractivity contribution in [1.29, 1.82) is 0 Å². The van der Waals surface area contributed by atoms with E-state index in [-0.39, 0.29) is 5.41 Å². The molecule has 0 fully saturated rings. The van der Waals surface area contributed by atoms with E-state index in [9.17, 15) is 0 Å². The van der Waals surface area contributed by atoms with Gasteiger partial charge in [0.2, 0.25) is 0 Å². The molecule has 0 aliphatic heterocycles. The van der Waals surface area contributed by atoms with Gasteiger partial charge in [-0.25, -0.2) is 0 Å². The number of hydrogen-bond donors (Lipinski definition) is 0. The molecule has 0 saturated carbocycles. The van der Waals surface area contributed by atoms with E-state index in [0.29, 0.717) is 0 Å². The highest BCUT2D eigenvalue weighted by Crippen LogP contribution is 2.29. The average molecular weight is 186 g/mol. The van der Waals surface area contributed by atoms with Crippen LogP contribution in [0.15, 0.2) is 30.9 Å². The standard InChI is InChI=1S/C14H18/c1-4-14(2,3)13-9-8-11-6-5-7-12(11)10-13/h4,8-10H,1,5-7H2,2-3H3. The first-order valence-corrected chi connectivity index (χ1v) is 5.39. The van der Waals surface area contributed by atoms with Crippen molar-refractivity contribution in [1.82, 2.24) is 0 Å². The summed E-state index contributed by atoms with van der Waals surface area (Å²) in [5.41, 5.74) is 4.61. The zero-order chi connectivity index (χ0) is 10.2. The Morgan fingerprint density at radius 3 is 2.64 bits per heavy atom. The first-order chi connectivity index (χ1) is 6.63. The van der Waals surface area contributed by atoms with Gasteiger partial charge in [0.1, 0.15) is 0 Å². The van der Waals surface area contributed by atoms with E-state index in [1.807, 2.05) is 6.08 Å². The second kappa shape index (κ2) is 3.27. The normalized spacial score (nSPS) is 15.3. The lowest BCUT2D eigenvalue weighted by molar-refractivity contribution is 0.670. The summed E-state index contributed by atoms with van der Waals surface area (Å²) in [5, 5.41) is 0. The Balaban J connectivity index is 2.42. The van der Waals surface area contributed by atoms with Crippen molar-refractivity contribution in [3.8, 4) is 0 Å². The van der Waals surface area contributed by atoms with E-state index in [4.69, 9.17) is 0 Å². The molecule has 0 heterocycles. The van der Waals surface area contributed by atoms with Crippen molar-refractivity contribution < 1.29 is 0 Å². The minimum absolute atomic E-state index is 0.109. The van der Waals surface area contributed by atoms with Crippen molar-refractivity contribution in [2.75, 3.05) is 0 Å². The molecule has 14 heavy (non-hydrogen) atoms. The number of aryl methyl sites for hydroxylation is 2. The summed E-state index contributed by atoms with van der Waals surface area (Å²) < 4.78 is 0. The molecule has 1 aliphatic rings. The third kappa shape index (κ3) is 1.50. The Hall–Kier alpha value is -1.04. The van der Waals surface area contributed by atoms with Crippen molar-refractivity contribution >= 4 is 0 Å². The maximum atomic E-state index is 3.90. The molecule has 0 nitrogen and oxygen atoms in total. The lowest BCUT2D eigenvalue weighted by Crippen LogP contribution is -2.13. The molecule has 0 heteroatoms. The van der Waals surface area contributed by atoms with Crippen LogP contribution in [0.4, 0.5) is 0 Å². The van der Waals surface area contributed by atoms with Crippen LogP contribution in [0, 0.1) is 0 Å². The number of fused-ring (bicyclic) bond motifs is 1. The maximum Gasteiger partial charge on any atom is 0.00727 e. The summed E-state index contributed by atoms with van der Waals surface area (Å²) in [6, 6.07) is 6.92. The van der Waals surface area contributed by atoms with E-state index in [2.05, 4.69) is 38.6 Å². The fourth-order valence-electron chi connectivity index (χ4n) is 2.09. The quantitative estimate of drug-likeness (QED) is 0.619. The largest absolute Gasteiger partial charge is 0.102 e. The highest BCUT2D eigenvalue weighted by atomic mass is 14.2. The van der Waals surface area contributed by atoms with Gasteiger partial charge >= 0.3 is 0 Å². The van der Waals surface area contributed by atoms with Crippen LogP contribution in [0.3, 0.4) is 0 Å². The summed E-state index contributed by atoms with van der Waals surface area (Å²) in [4.78, 5) is 0. The Labute approximate surface area is 86.7 Å². The first kappa shape index (κ1) is 9.51. The Kier molecular flexibility index (Phi) is 2.22. The van der Waals surface area contributed by atoms with E-state index in [1.165, 1.54) is 24.8 Å². The molecule has 1 aromatic carbocycles. The van der Waals surface area contributed by atoms with Crippen LogP contribution in [-0.2, 0) is 18.3 Å². The molecule has 0 amide bonds. The van der Waals surface area contributed by atoms with Gasteiger partial charge in [0.15, 0.2) is 0 Å². The van der Waals surface area contributed by atoms with Crippen LogP contribution in [0.1, 0.15) is 37.0 Å². The SMILES string of the molecule is C=CC(C)(C)c1ccc2c(c1)CCC2. The van der Waals surface area contributed by atoms with Gasteiger partial charge in [0.05, 0.1) is 0 Å². The number of hydrogen-bond acceptors (Lipinski definition) is 0. The van der Waals surface area contributed by atoms with Crippen LogP contribution in [-0.4, -0.2) is 0 Å². The minimum atomic E-state index is 0.109. The topological polar surface area (TPSA) is 0 Å². The number of allylic oxidation sites excluding steroid dienone is 1. The molecular formula is C14H18. The fraction of sp³-hybridized carbons (Fsp3) is 0.429. The second-order valence-electron chi connectivity index (χ2n) is 4.76. The molecule has 0 N–H and O–H groups in total. The molecule has 2 rings (SSSR count). The predicted octanol–water partition coefficient (Wildman–Crippen LogP) is 3.64. The van der Waals surface area contributed by atoms with Crippen LogP contribution in [0.2, 0.25) is 0 Å². The molecule has 0 bridgehead atoms. The molecule has 0 radical (unpaired) electrons. The Bertz CT molecular complexity index is 358. The zero-order valence-electron chi connectivity index (χ0n) is 9.14. The van der Waals surface area contributed by atoms with Gasteiger partial charge in [-0.3, -0.25) is 0 Å². The van der Waals surface area contributed by atoms with Crippen molar-refractivity contribution in [3.63, 3.8) is 0 Å². The number of rotatable bonds is 2. The van der Waals surface area contributed by atoms with Crippen LogP contribution in [0.5, 0.6) is 0 Å². The minimum Gasteiger partial charge on any atom is -0.102 e. The fourth-order valence-corrected chi connectivity index (χ4v) is 2.09. The van der Waals surface area contributed by atoms with Crippen LogP contribution >= 0.6 is 0 Å². The summed E-state index contributed by atoms with van der Waals surface area (Å²) >= 11 is 0. The highest BCUT2D eigenvalue weighted by Gasteiger charge is 2.18. The lowest BCUT2D eigenvalue weighted by Gasteiger charge is -2.21. The molecule has 1 aliphatic carbocycles. The zero-order valence-corrected chi connectivity index (χ0v) is 9.14. The van der Waals surface area contributed by atoms with Gasteiger partial charge in [-0.2, -0.15) is 0 Å². The summed E-state index contributed by atoms with van der Waals surface area (Å²) in [6.45, 7) is 8.34. The molecule has 0 unspecified atom stereocenters. The van der Waals surface area contributed by atoms with E-state index in [1.54, 1.807) is 11.1 Å². The average Bonchev–Trinajstić information content (AvgIpc) is 2.64. The smallest absolute Gasteiger partial charge is 0.00727 e. The third-order valence-corrected chi connectivity index (χ3v) is 3.35. The van der Waals surface area contributed by atoms with Gasteiger partial charge in [-0.05, 0) is 36.0 Å². The molecule has 0 saturated heterocycles. The van der Waals surface area contributed by atoms with Gasteiger partial charge < -0.3 is 0 Å². The van der Waals surface area contributed by atoms with Gasteiger partial charge in [0, 0.05) is 5.41 Å². The van der Waals surface area contributed by atoms with Crippen molar-refractivity contribution in [3.05, 3.63) is 47.5 Å². The summed E-state index contributed by atoms with van der Waals surface area (Å²) in [7, 11) is 0. The van der Waals surface area contributed by atoms with Crippen LogP contribution in [0.25, 0.3) is 0 Å². The maximum absolute atomic E-state index is 3.90. The predicted molar refractivity (Wildman–Crippen MR) is 61.7 cm³/mol. The van der Waals surface area contributed by atoms with Gasteiger partial charge in [0.25, 0.3) is 0 Å². The molecule has 0 spiro atoms. The monoisotopic (exact) mass is 186 g/mol. The molecule has 0 atom stereocenters. The van der Waals surface area contributed by atoms with E-state index < -0.39 is 0 Å². The van der Waals surface area contributed by atoms with Crippen molar-refractivity contribution in [2.45, 2.75) is 38.5 Å².